The fourth-order valence-corrected chi connectivity index (χ4v) is 4.40. The molecular weight excluding hydrogens is 332 g/mol. The number of hydrogen-bond acceptors (Lipinski definition) is 6. The molecule has 1 aromatic heterocycles. The van der Waals surface area contributed by atoms with E-state index >= 15 is 0 Å². The largest absolute Gasteiger partial charge is 0.368 e. The van der Waals surface area contributed by atoms with Crippen LogP contribution in [0.5, 0.6) is 0 Å². The summed E-state index contributed by atoms with van der Waals surface area (Å²) >= 11 is 0. The monoisotopic (exact) mass is 354 g/mol. The van der Waals surface area contributed by atoms with E-state index in [2.05, 4.69) is 26.4 Å². The van der Waals surface area contributed by atoms with Crippen LogP contribution in [-0.2, 0) is 21.5 Å². The van der Waals surface area contributed by atoms with Gasteiger partial charge in [0.2, 0.25) is 5.91 Å². The number of ether oxygens (including phenoxy) is 1. The number of amides is 1. The summed E-state index contributed by atoms with van der Waals surface area (Å²) in [4.78, 5) is 19.4. The molecule has 0 unspecified atom stereocenters. The van der Waals surface area contributed by atoms with Gasteiger partial charge in [-0.25, -0.2) is 0 Å². The number of nitrogens with one attached hydrogen (secondary N) is 1. The summed E-state index contributed by atoms with van der Waals surface area (Å²) < 4.78 is 11.0. The summed E-state index contributed by atoms with van der Waals surface area (Å²) in [5.41, 5.74) is 1.72. The Balaban J connectivity index is 1.26. The first-order valence-corrected chi connectivity index (χ1v) is 9.32. The molecule has 0 aliphatic carbocycles. The number of rotatable bonds is 3. The van der Waals surface area contributed by atoms with Crippen LogP contribution < -0.4 is 5.32 Å². The third kappa shape index (κ3) is 2.54. The summed E-state index contributed by atoms with van der Waals surface area (Å²) in [6.45, 7) is 3.09. The minimum Gasteiger partial charge on any atom is -0.368 e. The summed E-state index contributed by atoms with van der Waals surface area (Å²) in [6.07, 6.45) is 3.57. The van der Waals surface area contributed by atoms with Crippen LogP contribution in [0, 0.1) is 0 Å². The molecule has 0 bridgehead atoms. The van der Waals surface area contributed by atoms with Crippen molar-refractivity contribution in [2.45, 2.75) is 43.7 Å². The van der Waals surface area contributed by atoms with Gasteiger partial charge in [-0.2, -0.15) is 4.98 Å². The van der Waals surface area contributed by atoms with Crippen molar-refractivity contribution in [2.75, 3.05) is 25.0 Å². The Bertz CT molecular complexity index is 820. The number of piperidine rings is 1. The van der Waals surface area contributed by atoms with E-state index in [0.717, 1.165) is 56.6 Å². The van der Waals surface area contributed by atoms with Crippen molar-refractivity contribution in [2.24, 2.45) is 0 Å². The zero-order chi connectivity index (χ0) is 17.6. The molecule has 26 heavy (non-hydrogen) atoms. The molecule has 1 N–H and O–H groups in total. The van der Waals surface area contributed by atoms with Crippen LogP contribution in [-0.4, -0.2) is 40.6 Å². The van der Waals surface area contributed by atoms with E-state index < -0.39 is 0 Å². The van der Waals surface area contributed by atoms with Gasteiger partial charge in [0.1, 0.15) is 6.10 Å². The van der Waals surface area contributed by atoms with Gasteiger partial charge in [-0.05, 0) is 50.4 Å². The number of carbonyl (C=O) groups excluding carboxylic acids is 1. The molecule has 4 heterocycles. The van der Waals surface area contributed by atoms with E-state index in [0.29, 0.717) is 18.3 Å². The predicted molar refractivity (Wildman–Crippen MR) is 93.5 cm³/mol. The molecule has 0 radical (unpaired) electrons. The Morgan fingerprint density at radius 1 is 1.27 bits per heavy atom. The normalized spacial score (nSPS) is 24.8. The van der Waals surface area contributed by atoms with E-state index in [4.69, 9.17) is 9.26 Å². The maximum atomic E-state index is 12.6. The molecule has 136 valence electrons. The Hall–Kier alpha value is -2.25. The number of anilines is 1. The number of carbonyl (C=O) groups is 1. The van der Waals surface area contributed by atoms with Crippen molar-refractivity contribution in [3.05, 3.63) is 41.5 Å². The molecule has 2 saturated heterocycles. The van der Waals surface area contributed by atoms with Gasteiger partial charge in [0.05, 0.1) is 12.0 Å². The number of hydrogen-bond donors (Lipinski definition) is 1. The molecule has 7 heteroatoms. The van der Waals surface area contributed by atoms with E-state index in [1.54, 1.807) is 0 Å². The summed E-state index contributed by atoms with van der Waals surface area (Å²) in [5, 5.41) is 7.15. The van der Waals surface area contributed by atoms with Gasteiger partial charge in [-0.3, -0.25) is 9.69 Å². The van der Waals surface area contributed by atoms with Crippen LogP contribution in [0.2, 0.25) is 0 Å². The fourth-order valence-electron chi connectivity index (χ4n) is 4.40. The molecule has 1 aromatic carbocycles. The van der Waals surface area contributed by atoms with Crippen LogP contribution in [0.25, 0.3) is 0 Å². The molecular formula is C19H22N4O3. The zero-order valence-electron chi connectivity index (χ0n) is 14.6. The van der Waals surface area contributed by atoms with Crippen molar-refractivity contribution in [1.82, 2.24) is 15.0 Å². The third-order valence-electron chi connectivity index (χ3n) is 5.89. The number of aromatic nitrogens is 2. The molecule has 3 aliphatic rings. The first-order chi connectivity index (χ1) is 12.7. The van der Waals surface area contributed by atoms with Gasteiger partial charge >= 0.3 is 0 Å². The van der Waals surface area contributed by atoms with Crippen LogP contribution in [0.1, 0.15) is 49.1 Å². The summed E-state index contributed by atoms with van der Waals surface area (Å²) in [6, 6.07) is 8.05. The lowest BCUT2D eigenvalue weighted by molar-refractivity contribution is -0.122. The first kappa shape index (κ1) is 16.0. The maximum Gasteiger partial charge on any atom is 0.255 e. The van der Waals surface area contributed by atoms with Crippen molar-refractivity contribution in [3.8, 4) is 0 Å². The second-order valence-electron chi connectivity index (χ2n) is 7.41. The Labute approximate surface area is 151 Å². The Kier molecular flexibility index (Phi) is 3.79. The van der Waals surface area contributed by atoms with E-state index in [1.165, 1.54) is 0 Å². The zero-order valence-corrected chi connectivity index (χ0v) is 14.6. The lowest BCUT2D eigenvalue weighted by atomic mass is 9.74. The number of nitrogens with zero attached hydrogens (tertiary/aromatic N) is 3. The topological polar surface area (TPSA) is 80.5 Å². The maximum absolute atomic E-state index is 12.6. The molecule has 2 fully saturated rings. The van der Waals surface area contributed by atoms with Gasteiger partial charge in [-0.15, -0.1) is 0 Å². The standard InChI is InChI=1S/C19H22N4O3/c24-18-19(13-4-1-2-5-14(13)20-18)7-9-23(10-8-19)12-16-21-17(26-22-16)15-6-3-11-25-15/h1-2,4-5,15H,3,6-12H2,(H,20,24)/t15-/m1/s1. The molecule has 0 saturated carbocycles. The van der Waals surface area contributed by atoms with Gasteiger partial charge < -0.3 is 14.6 Å². The van der Waals surface area contributed by atoms with Crippen molar-refractivity contribution < 1.29 is 14.1 Å². The molecule has 1 atom stereocenters. The van der Waals surface area contributed by atoms with Crippen molar-refractivity contribution >= 4 is 11.6 Å². The number of benzene rings is 1. The molecule has 2 aromatic rings. The van der Waals surface area contributed by atoms with Gasteiger partial charge in [0.15, 0.2) is 5.82 Å². The number of likely N-dealkylation sites (tertiary alicyclic amines) is 1. The molecule has 5 rings (SSSR count). The van der Waals surface area contributed by atoms with Crippen molar-refractivity contribution in [1.29, 1.82) is 0 Å². The SMILES string of the molecule is O=C1Nc2ccccc2C12CCN(Cc1noc([C@H]3CCCO3)n1)CC2. The molecule has 3 aliphatic heterocycles. The number of para-hydroxylation sites is 1. The molecule has 7 nitrogen and oxygen atoms in total. The highest BCUT2D eigenvalue weighted by Crippen LogP contribution is 2.44. The lowest BCUT2D eigenvalue weighted by Gasteiger charge is -2.37. The van der Waals surface area contributed by atoms with Crippen LogP contribution in [0.15, 0.2) is 28.8 Å². The highest BCUT2D eigenvalue weighted by atomic mass is 16.5. The lowest BCUT2D eigenvalue weighted by Crippen LogP contribution is -2.46. The highest BCUT2D eigenvalue weighted by Gasteiger charge is 2.48. The number of fused-ring (bicyclic) bond motifs is 2. The predicted octanol–water partition coefficient (Wildman–Crippen LogP) is 2.41. The molecule has 1 spiro atoms. The second-order valence-corrected chi connectivity index (χ2v) is 7.41. The smallest absolute Gasteiger partial charge is 0.255 e. The molecule has 1 amide bonds. The summed E-state index contributed by atoms with van der Waals surface area (Å²) in [5.74, 6) is 1.43. The van der Waals surface area contributed by atoms with E-state index in [-0.39, 0.29) is 17.4 Å². The van der Waals surface area contributed by atoms with Crippen LogP contribution in [0.3, 0.4) is 0 Å². The van der Waals surface area contributed by atoms with E-state index in [9.17, 15) is 4.79 Å². The third-order valence-corrected chi connectivity index (χ3v) is 5.89. The second kappa shape index (κ2) is 6.17. The highest BCUT2D eigenvalue weighted by molar-refractivity contribution is 6.06. The Morgan fingerprint density at radius 2 is 2.12 bits per heavy atom. The minimum atomic E-state index is -0.382. The van der Waals surface area contributed by atoms with Crippen molar-refractivity contribution in [3.63, 3.8) is 0 Å². The van der Waals surface area contributed by atoms with Gasteiger partial charge in [-0.1, -0.05) is 23.4 Å². The average Bonchev–Trinajstić information content (AvgIpc) is 3.38. The van der Waals surface area contributed by atoms with Crippen LogP contribution in [0.4, 0.5) is 5.69 Å². The quantitative estimate of drug-likeness (QED) is 0.912. The first-order valence-electron chi connectivity index (χ1n) is 9.32. The average molecular weight is 354 g/mol. The minimum absolute atomic E-state index is 0.0421. The van der Waals surface area contributed by atoms with Gasteiger partial charge in [0, 0.05) is 12.3 Å². The van der Waals surface area contributed by atoms with E-state index in [1.807, 2.05) is 18.2 Å². The Morgan fingerprint density at radius 3 is 2.92 bits per heavy atom. The fraction of sp³-hybridized carbons (Fsp3) is 0.526. The van der Waals surface area contributed by atoms with Crippen LogP contribution >= 0.6 is 0 Å². The van der Waals surface area contributed by atoms with Gasteiger partial charge in [0.25, 0.3) is 5.89 Å². The summed E-state index contributed by atoms with van der Waals surface area (Å²) in [7, 11) is 0.